The fraction of sp³-hybridized carbons (Fsp3) is 0.545. The summed E-state index contributed by atoms with van der Waals surface area (Å²) >= 11 is 0. The molecule has 0 aromatic carbocycles. The first-order valence-corrected chi connectivity index (χ1v) is 5.72. The predicted molar refractivity (Wildman–Crippen MR) is 62.4 cm³/mol. The summed E-state index contributed by atoms with van der Waals surface area (Å²) in [5, 5.41) is 20.3. The van der Waals surface area contributed by atoms with Crippen molar-refractivity contribution in [1.29, 1.82) is 0 Å². The number of hydrogen-bond acceptors (Lipinski definition) is 5. The standard InChI is InChI=1S/C11H16N4O2/c12-11(17)8-4-5-10(15-14-8)13-6-7-2-1-3-9(7)16/h4-5,7,9,16H,1-3,6H2,(H2,12,17)(H,13,15). The number of anilines is 1. The van der Waals surface area contributed by atoms with Crippen LogP contribution in [0.5, 0.6) is 0 Å². The number of hydrogen-bond donors (Lipinski definition) is 3. The third-order valence-corrected chi connectivity index (χ3v) is 3.08. The van der Waals surface area contributed by atoms with Crippen molar-refractivity contribution in [1.82, 2.24) is 10.2 Å². The van der Waals surface area contributed by atoms with Crippen molar-refractivity contribution >= 4 is 11.7 Å². The number of amides is 1. The molecule has 1 aliphatic rings. The molecular formula is C11H16N4O2. The first-order valence-electron chi connectivity index (χ1n) is 5.72. The summed E-state index contributed by atoms with van der Waals surface area (Å²) < 4.78 is 0. The molecule has 1 saturated carbocycles. The topological polar surface area (TPSA) is 101 Å². The Morgan fingerprint density at radius 1 is 1.47 bits per heavy atom. The summed E-state index contributed by atoms with van der Waals surface area (Å²) in [5.41, 5.74) is 5.21. The SMILES string of the molecule is NC(=O)c1ccc(NCC2CCCC2O)nn1. The van der Waals surface area contributed by atoms with Gasteiger partial charge in [-0.2, -0.15) is 0 Å². The lowest BCUT2D eigenvalue weighted by Gasteiger charge is -2.14. The lowest BCUT2D eigenvalue weighted by molar-refractivity contribution is 0.0994. The monoisotopic (exact) mass is 236 g/mol. The van der Waals surface area contributed by atoms with Gasteiger partial charge in [-0.05, 0) is 25.0 Å². The van der Waals surface area contributed by atoms with Crippen LogP contribution in [0.25, 0.3) is 0 Å². The summed E-state index contributed by atoms with van der Waals surface area (Å²) in [5.74, 6) is 0.275. The van der Waals surface area contributed by atoms with E-state index in [1.54, 1.807) is 6.07 Å². The van der Waals surface area contributed by atoms with Gasteiger partial charge in [-0.3, -0.25) is 4.79 Å². The summed E-state index contributed by atoms with van der Waals surface area (Å²) in [6.07, 6.45) is 2.75. The molecule has 2 rings (SSSR count). The van der Waals surface area contributed by atoms with E-state index < -0.39 is 5.91 Å². The molecule has 1 aromatic rings. The van der Waals surface area contributed by atoms with Crippen molar-refractivity contribution in [3.8, 4) is 0 Å². The van der Waals surface area contributed by atoms with Gasteiger partial charge >= 0.3 is 0 Å². The highest BCUT2D eigenvalue weighted by molar-refractivity contribution is 5.90. The average molecular weight is 236 g/mol. The number of rotatable bonds is 4. The molecule has 92 valence electrons. The Morgan fingerprint density at radius 3 is 2.82 bits per heavy atom. The zero-order chi connectivity index (χ0) is 12.3. The lowest BCUT2D eigenvalue weighted by Crippen LogP contribution is -2.22. The second kappa shape index (κ2) is 5.09. The molecule has 4 N–H and O–H groups in total. The molecule has 0 radical (unpaired) electrons. The van der Waals surface area contributed by atoms with Gasteiger partial charge in [-0.15, -0.1) is 10.2 Å². The van der Waals surface area contributed by atoms with Crippen LogP contribution in [0.1, 0.15) is 29.8 Å². The quantitative estimate of drug-likeness (QED) is 0.690. The number of aromatic nitrogens is 2. The fourth-order valence-electron chi connectivity index (χ4n) is 2.05. The molecule has 6 nitrogen and oxygen atoms in total. The maximum Gasteiger partial charge on any atom is 0.269 e. The number of primary amides is 1. The highest BCUT2D eigenvalue weighted by Gasteiger charge is 2.24. The minimum absolute atomic E-state index is 0.149. The normalized spacial score (nSPS) is 23.6. The molecule has 2 unspecified atom stereocenters. The number of aliphatic hydroxyl groups excluding tert-OH is 1. The van der Waals surface area contributed by atoms with Gasteiger partial charge < -0.3 is 16.2 Å². The maximum absolute atomic E-state index is 10.8. The first-order chi connectivity index (χ1) is 8.16. The number of nitrogens with two attached hydrogens (primary N) is 1. The van der Waals surface area contributed by atoms with Crippen molar-refractivity contribution in [3.05, 3.63) is 17.8 Å². The Labute approximate surface area is 99.2 Å². The van der Waals surface area contributed by atoms with Gasteiger partial charge in [0.05, 0.1) is 6.10 Å². The van der Waals surface area contributed by atoms with Gasteiger partial charge in [0.15, 0.2) is 5.69 Å². The van der Waals surface area contributed by atoms with E-state index in [0.717, 1.165) is 19.3 Å². The van der Waals surface area contributed by atoms with Crippen LogP contribution in [-0.4, -0.2) is 33.9 Å². The molecule has 0 aliphatic heterocycles. The number of carbonyl (C=O) groups is 1. The van der Waals surface area contributed by atoms with Gasteiger partial charge in [0.25, 0.3) is 5.91 Å². The maximum atomic E-state index is 10.8. The predicted octanol–water partition coefficient (Wildman–Crippen LogP) is 0.148. The number of carbonyl (C=O) groups excluding carboxylic acids is 1. The van der Waals surface area contributed by atoms with E-state index in [9.17, 15) is 9.90 Å². The van der Waals surface area contributed by atoms with Gasteiger partial charge in [0.1, 0.15) is 5.82 Å². The summed E-state index contributed by atoms with van der Waals surface area (Å²) in [7, 11) is 0. The Morgan fingerprint density at radius 2 is 2.29 bits per heavy atom. The van der Waals surface area contributed by atoms with Crippen LogP contribution in [0.2, 0.25) is 0 Å². The van der Waals surface area contributed by atoms with E-state index >= 15 is 0 Å². The molecule has 0 spiro atoms. The van der Waals surface area contributed by atoms with Crippen molar-refractivity contribution in [2.24, 2.45) is 11.7 Å². The van der Waals surface area contributed by atoms with Crippen molar-refractivity contribution in [2.75, 3.05) is 11.9 Å². The molecule has 1 aromatic heterocycles. The average Bonchev–Trinajstić information content (AvgIpc) is 2.73. The van der Waals surface area contributed by atoms with E-state index in [1.807, 2.05) is 0 Å². The molecule has 2 atom stereocenters. The summed E-state index contributed by atoms with van der Waals surface area (Å²) in [6, 6.07) is 3.19. The van der Waals surface area contributed by atoms with E-state index in [1.165, 1.54) is 6.07 Å². The Kier molecular flexibility index (Phi) is 3.53. The Balaban J connectivity index is 1.88. The smallest absolute Gasteiger partial charge is 0.269 e. The number of nitrogens with zero attached hydrogens (tertiary/aromatic N) is 2. The van der Waals surface area contributed by atoms with Crippen LogP contribution >= 0.6 is 0 Å². The number of nitrogens with one attached hydrogen (secondary N) is 1. The second-order valence-corrected chi connectivity index (χ2v) is 4.31. The molecule has 17 heavy (non-hydrogen) atoms. The van der Waals surface area contributed by atoms with Gasteiger partial charge in [0.2, 0.25) is 0 Å². The van der Waals surface area contributed by atoms with Crippen molar-refractivity contribution < 1.29 is 9.90 Å². The van der Waals surface area contributed by atoms with Crippen LogP contribution < -0.4 is 11.1 Å². The zero-order valence-corrected chi connectivity index (χ0v) is 9.47. The molecule has 0 bridgehead atoms. The lowest BCUT2D eigenvalue weighted by atomic mass is 10.1. The first kappa shape index (κ1) is 11.8. The van der Waals surface area contributed by atoms with Gasteiger partial charge in [0, 0.05) is 12.5 Å². The molecule has 0 saturated heterocycles. The number of aliphatic hydroxyl groups is 1. The fourth-order valence-corrected chi connectivity index (χ4v) is 2.05. The molecule has 6 heteroatoms. The highest BCUT2D eigenvalue weighted by Crippen LogP contribution is 2.25. The van der Waals surface area contributed by atoms with E-state index in [-0.39, 0.29) is 17.7 Å². The van der Waals surface area contributed by atoms with Crippen molar-refractivity contribution in [3.63, 3.8) is 0 Å². The van der Waals surface area contributed by atoms with Crippen LogP contribution in [-0.2, 0) is 0 Å². The van der Waals surface area contributed by atoms with Crippen LogP contribution in [0.15, 0.2) is 12.1 Å². The summed E-state index contributed by atoms with van der Waals surface area (Å²) in [6.45, 7) is 0.672. The molecule has 1 aliphatic carbocycles. The van der Waals surface area contributed by atoms with Gasteiger partial charge in [-0.25, -0.2) is 0 Å². The third-order valence-electron chi connectivity index (χ3n) is 3.08. The van der Waals surface area contributed by atoms with Crippen molar-refractivity contribution in [2.45, 2.75) is 25.4 Å². The molecule has 1 heterocycles. The molecule has 1 amide bonds. The molecule has 1 fully saturated rings. The zero-order valence-electron chi connectivity index (χ0n) is 9.47. The van der Waals surface area contributed by atoms with E-state index in [2.05, 4.69) is 15.5 Å². The third kappa shape index (κ3) is 2.91. The summed E-state index contributed by atoms with van der Waals surface area (Å²) in [4.78, 5) is 10.8. The second-order valence-electron chi connectivity index (χ2n) is 4.31. The highest BCUT2D eigenvalue weighted by atomic mass is 16.3. The Bertz CT molecular complexity index is 393. The van der Waals surface area contributed by atoms with Gasteiger partial charge in [-0.1, -0.05) is 6.42 Å². The minimum atomic E-state index is -0.588. The van der Waals surface area contributed by atoms with Crippen LogP contribution in [0.4, 0.5) is 5.82 Å². The Hall–Kier alpha value is -1.69. The van der Waals surface area contributed by atoms with E-state index in [4.69, 9.17) is 5.73 Å². The largest absolute Gasteiger partial charge is 0.393 e. The minimum Gasteiger partial charge on any atom is -0.393 e. The van der Waals surface area contributed by atoms with Crippen LogP contribution in [0.3, 0.4) is 0 Å². The molecular weight excluding hydrogens is 220 g/mol. The van der Waals surface area contributed by atoms with Crippen LogP contribution in [0, 0.1) is 5.92 Å². The van der Waals surface area contributed by atoms with E-state index in [0.29, 0.717) is 12.4 Å².